The molecule has 1 saturated heterocycles. The van der Waals surface area contributed by atoms with Crippen molar-refractivity contribution in [2.45, 2.75) is 45.7 Å². The zero-order valence-electron chi connectivity index (χ0n) is 16.2. The third-order valence-electron chi connectivity index (χ3n) is 5.30. The Bertz CT molecular complexity index is 1040. The highest BCUT2D eigenvalue weighted by Crippen LogP contribution is 2.28. The normalized spacial score (nSPS) is 16.7. The van der Waals surface area contributed by atoms with E-state index in [0.717, 1.165) is 29.0 Å². The van der Waals surface area contributed by atoms with Crippen molar-refractivity contribution in [2.24, 2.45) is 0 Å². The molecule has 1 unspecified atom stereocenters. The summed E-state index contributed by atoms with van der Waals surface area (Å²) in [6, 6.07) is 15.6. The van der Waals surface area contributed by atoms with Crippen LogP contribution in [-0.2, 0) is 16.1 Å². The lowest BCUT2D eigenvalue weighted by Crippen LogP contribution is -2.30. The number of imidazole rings is 1. The first-order chi connectivity index (χ1) is 13.5. The second-order valence-electron chi connectivity index (χ2n) is 7.30. The number of amides is 2. The maximum absolute atomic E-state index is 12.5. The standard InChI is InChI=1S/C22H24N4O2/c1-15-10-11-22(28)26(15)18-7-5-6-17(14-18)24-21(27)12-13-25-16(2)23-19-8-3-4-9-20(19)25/h3-9,14-15H,10-13H2,1-2H3,(H,24,27). The Morgan fingerprint density at radius 3 is 2.82 bits per heavy atom. The number of para-hydroxylation sites is 2. The van der Waals surface area contributed by atoms with E-state index in [-0.39, 0.29) is 17.9 Å². The quantitative estimate of drug-likeness (QED) is 0.735. The fourth-order valence-electron chi connectivity index (χ4n) is 3.87. The topological polar surface area (TPSA) is 67.2 Å². The maximum Gasteiger partial charge on any atom is 0.227 e. The van der Waals surface area contributed by atoms with Crippen LogP contribution in [-0.4, -0.2) is 27.4 Å². The van der Waals surface area contributed by atoms with Crippen molar-refractivity contribution in [3.8, 4) is 0 Å². The summed E-state index contributed by atoms with van der Waals surface area (Å²) in [4.78, 5) is 31.0. The molecule has 1 fully saturated rings. The Morgan fingerprint density at radius 1 is 1.21 bits per heavy atom. The Hall–Kier alpha value is -3.15. The van der Waals surface area contributed by atoms with Crippen molar-refractivity contribution in [3.05, 3.63) is 54.4 Å². The Morgan fingerprint density at radius 2 is 2.04 bits per heavy atom. The Kier molecular flexibility index (Phi) is 4.86. The number of hydrogen-bond donors (Lipinski definition) is 1. The van der Waals surface area contributed by atoms with Crippen LogP contribution in [0.25, 0.3) is 11.0 Å². The number of hydrogen-bond acceptors (Lipinski definition) is 3. The maximum atomic E-state index is 12.5. The summed E-state index contributed by atoms with van der Waals surface area (Å²) in [6.07, 6.45) is 1.80. The van der Waals surface area contributed by atoms with E-state index in [1.807, 2.05) is 67.3 Å². The molecular formula is C22H24N4O2. The largest absolute Gasteiger partial charge is 0.328 e. The molecule has 3 aromatic rings. The van der Waals surface area contributed by atoms with E-state index in [1.54, 1.807) is 0 Å². The van der Waals surface area contributed by atoms with Gasteiger partial charge in [0.05, 0.1) is 11.0 Å². The highest BCUT2D eigenvalue weighted by molar-refractivity contribution is 5.97. The summed E-state index contributed by atoms with van der Waals surface area (Å²) in [5.74, 6) is 0.978. The number of carbonyl (C=O) groups is 2. The van der Waals surface area contributed by atoms with Gasteiger partial charge in [-0.3, -0.25) is 9.59 Å². The van der Waals surface area contributed by atoms with Crippen LogP contribution in [0.4, 0.5) is 11.4 Å². The highest BCUT2D eigenvalue weighted by Gasteiger charge is 2.28. The lowest BCUT2D eigenvalue weighted by atomic mass is 10.2. The van der Waals surface area contributed by atoms with Gasteiger partial charge in [0.1, 0.15) is 5.82 Å². The molecule has 28 heavy (non-hydrogen) atoms. The van der Waals surface area contributed by atoms with Crippen LogP contribution >= 0.6 is 0 Å². The van der Waals surface area contributed by atoms with Crippen molar-refractivity contribution in [1.82, 2.24) is 9.55 Å². The average Bonchev–Trinajstić information content (AvgIpc) is 3.18. The second kappa shape index (κ2) is 7.46. The average molecular weight is 376 g/mol. The van der Waals surface area contributed by atoms with E-state index in [0.29, 0.717) is 25.1 Å². The van der Waals surface area contributed by atoms with Gasteiger partial charge in [-0.15, -0.1) is 0 Å². The Balaban J connectivity index is 1.43. The fourth-order valence-corrected chi connectivity index (χ4v) is 3.87. The molecule has 0 aliphatic carbocycles. The van der Waals surface area contributed by atoms with Crippen LogP contribution < -0.4 is 10.2 Å². The fraction of sp³-hybridized carbons (Fsp3) is 0.318. The van der Waals surface area contributed by atoms with Crippen LogP contribution in [0.3, 0.4) is 0 Å². The van der Waals surface area contributed by atoms with Gasteiger partial charge in [0.25, 0.3) is 0 Å². The molecule has 2 aromatic carbocycles. The number of nitrogens with zero attached hydrogens (tertiary/aromatic N) is 3. The molecular weight excluding hydrogens is 352 g/mol. The van der Waals surface area contributed by atoms with Gasteiger partial charge in [0.15, 0.2) is 0 Å². The molecule has 4 rings (SSSR count). The second-order valence-corrected chi connectivity index (χ2v) is 7.30. The van der Waals surface area contributed by atoms with Crippen LogP contribution in [0, 0.1) is 6.92 Å². The summed E-state index contributed by atoms with van der Waals surface area (Å²) in [5, 5.41) is 2.95. The molecule has 6 heteroatoms. The van der Waals surface area contributed by atoms with E-state index in [2.05, 4.69) is 14.9 Å². The number of anilines is 2. The number of carbonyl (C=O) groups excluding carboxylic acids is 2. The minimum Gasteiger partial charge on any atom is -0.328 e. The van der Waals surface area contributed by atoms with Crippen LogP contribution in [0.1, 0.15) is 32.0 Å². The SMILES string of the molecule is Cc1nc2ccccc2n1CCC(=O)Nc1cccc(N2C(=O)CCC2C)c1. The number of aryl methyl sites for hydroxylation is 2. The van der Waals surface area contributed by atoms with Crippen LogP contribution in [0.5, 0.6) is 0 Å². The minimum atomic E-state index is -0.0601. The van der Waals surface area contributed by atoms with Gasteiger partial charge < -0.3 is 14.8 Å². The molecule has 0 saturated carbocycles. The zero-order valence-corrected chi connectivity index (χ0v) is 16.2. The zero-order chi connectivity index (χ0) is 19.7. The van der Waals surface area contributed by atoms with Gasteiger partial charge in [-0.1, -0.05) is 18.2 Å². The molecule has 1 N–H and O–H groups in total. The van der Waals surface area contributed by atoms with Crippen molar-refractivity contribution in [3.63, 3.8) is 0 Å². The first-order valence-electron chi connectivity index (χ1n) is 9.67. The molecule has 1 atom stereocenters. The van der Waals surface area contributed by atoms with E-state index in [1.165, 1.54) is 0 Å². The third kappa shape index (κ3) is 3.50. The van der Waals surface area contributed by atoms with Gasteiger partial charge in [-0.25, -0.2) is 4.98 Å². The van der Waals surface area contributed by atoms with E-state index in [4.69, 9.17) is 0 Å². The monoisotopic (exact) mass is 376 g/mol. The first-order valence-corrected chi connectivity index (χ1v) is 9.67. The first kappa shape index (κ1) is 18.2. The van der Waals surface area contributed by atoms with Gasteiger partial charge >= 0.3 is 0 Å². The lowest BCUT2D eigenvalue weighted by Gasteiger charge is -2.22. The molecule has 2 amide bonds. The number of benzene rings is 2. The van der Waals surface area contributed by atoms with Gasteiger partial charge in [-0.2, -0.15) is 0 Å². The molecule has 2 heterocycles. The molecule has 1 aliphatic rings. The van der Waals surface area contributed by atoms with E-state index < -0.39 is 0 Å². The predicted octanol–water partition coefficient (Wildman–Crippen LogP) is 3.89. The highest BCUT2D eigenvalue weighted by atomic mass is 16.2. The van der Waals surface area contributed by atoms with Gasteiger partial charge in [0, 0.05) is 36.8 Å². The summed E-state index contributed by atoms with van der Waals surface area (Å²) in [5.41, 5.74) is 3.53. The number of fused-ring (bicyclic) bond motifs is 1. The number of nitrogens with one attached hydrogen (secondary N) is 1. The molecule has 1 aliphatic heterocycles. The third-order valence-corrected chi connectivity index (χ3v) is 5.30. The van der Waals surface area contributed by atoms with E-state index in [9.17, 15) is 9.59 Å². The smallest absolute Gasteiger partial charge is 0.227 e. The van der Waals surface area contributed by atoms with Crippen molar-refractivity contribution >= 4 is 34.2 Å². The summed E-state index contributed by atoms with van der Waals surface area (Å²) in [7, 11) is 0. The van der Waals surface area contributed by atoms with Crippen molar-refractivity contribution in [1.29, 1.82) is 0 Å². The van der Waals surface area contributed by atoms with Crippen LogP contribution in [0.2, 0.25) is 0 Å². The summed E-state index contributed by atoms with van der Waals surface area (Å²) < 4.78 is 2.07. The molecule has 0 bridgehead atoms. The van der Waals surface area contributed by atoms with Crippen molar-refractivity contribution < 1.29 is 9.59 Å². The lowest BCUT2D eigenvalue weighted by molar-refractivity contribution is -0.117. The van der Waals surface area contributed by atoms with Gasteiger partial charge in [0.2, 0.25) is 11.8 Å². The molecule has 6 nitrogen and oxygen atoms in total. The van der Waals surface area contributed by atoms with Gasteiger partial charge in [-0.05, 0) is 50.6 Å². The Labute approximate surface area is 164 Å². The number of rotatable bonds is 5. The summed E-state index contributed by atoms with van der Waals surface area (Å²) in [6.45, 7) is 4.57. The minimum absolute atomic E-state index is 0.0601. The molecule has 144 valence electrons. The van der Waals surface area contributed by atoms with Crippen LogP contribution in [0.15, 0.2) is 48.5 Å². The van der Waals surface area contributed by atoms with E-state index >= 15 is 0 Å². The molecule has 0 spiro atoms. The molecule has 1 aromatic heterocycles. The summed E-state index contributed by atoms with van der Waals surface area (Å²) >= 11 is 0. The number of aromatic nitrogens is 2. The predicted molar refractivity (Wildman–Crippen MR) is 110 cm³/mol. The van der Waals surface area contributed by atoms with Crippen molar-refractivity contribution in [2.75, 3.05) is 10.2 Å². The molecule has 0 radical (unpaired) electrons.